The molecule has 3 N–H and O–H groups in total. The fourth-order valence-corrected chi connectivity index (χ4v) is 3.65. The Morgan fingerprint density at radius 3 is 2.68 bits per heavy atom. The average Bonchev–Trinajstić information content (AvgIpc) is 3.31. The highest BCUT2D eigenvalue weighted by Gasteiger charge is 2.40. The van der Waals surface area contributed by atoms with Crippen LogP contribution in [0.2, 0.25) is 0 Å². The zero-order chi connectivity index (χ0) is 17.4. The van der Waals surface area contributed by atoms with Crippen LogP contribution in [0.1, 0.15) is 36.9 Å². The van der Waals surface area contributed by atoms with E-state index in [2.05, 4.69) is 20.9 Å². The topological polar surface area (TPSA) is 96.3 Å². The predicted octanol–water partition coefficient (Wildman–Crippen LogP) is 1.92. The molecule has 2 bridgehead atoms. The second-order valence-electron chi connectivity index (χ2n) is 6.65. The summed E-state index contributed by atoms with van der Waals surface area (Å²) in [7, 11) is 0. The number of rotatable bonds is 4. The fourth-order valence-electron chi connectivity index (χ4n) is 3.65. The summed E-state index contributed by atoms with van der Waals surface area (Å²) in [4.78, 5) is 27.5. The van der Waals surface area contributed by atoms with Gasteiger partial charge in [0.2, 0.25) is 5.91 Å². The summed E-state index contributed by atoms with van der Waals surface area (Å²) in [6.45, 7) is 1.46. The molecule has 2 aliphatic rings. The van der Waals surface area contributed by atoms with Gasteiger partial charge in [0.1, 0.15) is 0 Å². The minimum Gasteiger partial charge on any atom is -0.432 e. The van der Waals surface area contributed by atoms with Crippen LogP contribution >= 0.6 is 0 Å². The smallest absolute Gasteiger partial charge is 0.307 e. The van der Waals surface area contributed by atoms with Crippen molar-refractivity contribution in [2.45, 2.75) is 44.3 Å². The molecule has 0 unspecified atom stereocenters. The Labute approximate surface area is 145 Å². The van der Waals surface area contributed by atoms with Gasteiger partial charge in [-0.05, 0) is 43.5 Å². The first-order chi connectivity index (χ1) is 12.1. The summed E-state index contributed by atoms with van der Waals surface area (Å²) in [6.07, 6.45) is 4.80. The zero-order valence-electron chi connectivity index (χ0n) is 13.9. The van der Waals surface area contributed by atoms with Crippen molar-refractivity contribution in [2.75, 3.05) is 5.32 Å². The lowest BCUT2D eigenvalue weighted by Gasteiger charge is -2.20. The van der Waals surface area contributed by atoms with Crippen molar-refractivity contribution in [1.82, 2.24) is 15.6 Å². The Kier molecular flexibility index (Phi) is 4.01. The SMILES string of the molecule is CC(=O)Nc1ccc(-c2cnc(C(=O)N[C@@H]3C[C@H]4CC[C@@H]3N4)o2)cc1. The number of oxazole rings is 1. The van der Waals surface area contributed by atoms with Gasteiger partial charge in [-0.1, -0.05) is 0 Å². The molecule has 25 heavy (non-hydrogen) atoms. The van der Waals surface area contributed by atoms with Crippen LogP contribution in [-0.4, -0.2) is 34.9 Å². The van der Waals surface area contributed by atoms with Crippen LogP contribution in [0.4, 0.5) is 5.69 Å². The Morgan fingerprint density at radius 1 is 1.24 bits per heavy atom. The number of carbonyl (C=O) groups is 2. The molecule has 7 heteroatoms. The summed E-state index contributed by atoms with van der Waals surface area (Å²) in [6, 6.07) is 8.22. The molecule has 130 valence electrons. The van der Waals surface area contributed by atoms with E-state index in [0.29, 0.717) is 23.5 Å². The maximum atomic E-state index is 12.4. The van der Waals surface area contributed by atoms with Crippen LogP contribution in [0.15, 0.2) is 34.9 Å². The normalized spacial score (nSPS) is 24.3. The van der Waals surface area contributed by atoms with Gasteiger partial charge in [0.05, 0.1) is 6.20 Å². The van der Waals surface area contributed by atoms with E-state index in [-0.39, 0.29) is 23.7 Å². The van der Waals surface area contributed by atoms with Gasteiger partial charge in [-0.15, -0.1) is 0 Å². The fraction of sp³-hybridized carbons (Fsp3) is 0.389. The molecule has 1 aromatic heterocycles. The molecular weight excluding hydrogens is 320 g/mol. The van der Waals surface area contributed by atoms with E-state index in [9.17, 15) is 9.59 Å². The summed E-state index contributed by atoms with van der Waals surface area (Å²) < 4.78 is 5.61. The van der Waals surface area contributed by atoms with Crippen molar-refractivity contribution in [3.05, 3.63) is 36.4 Å². The second kappa shape index (κ2) is 6.33. The highest BCUT2D eigenvalue weighted by atomic mass is 16.4. The summed E-state index contributed by atoms with van der Waals surface area (Å²) in [5.74, 6) is 0.191. The third kappa shape index (κ3) is 3.28. The van der Waals surface area contributed by atoms with Gasteiger partial charge in [-0.3, -0.25) is 9.59 Å². The lowest BCUT2D eigenvalue weighted by molar-refractivity contribution is -0.114. The quantitative estimate of drug-likeness (QED) is 0.790. The Morgan fingerprint density at radius 2 is 2.04 bits per heavy atom. The molecule has 2 aliphatic heterocycles. The number of benzene rings is 1. The van der Waals surface area contributed by atoms with Gasteiger partial charge in [0.25, 0.3) is 5.89 Å². The summed E-state index contributed by atoms with van der Waals surface area (Å²) >= 11 is 0. The monoisotopic (exact) mass is 340 g/mol. The van der Waals surface area contributed by atoms with Crippen LogP contribution in [0.5, 0.6) is 0 Å². The van der Waals surface area contributed by atoms with Crippen LogP contribution in [-0.2, 0) is 4.79 Å². The molecule has 0 radical (unpaired) electrons. The van der Waals surface area contributed by atoms with E-state index in [1.807, 2.05) is 12.1 Å². The van der Waals surface area contributed by atoms with Crippen LogP contribution in [0, 0.1) is 0 Å². The highest BCUT2D eigenvalue weighted by molar-refractivity contribution is 5.90. The third-order valence-electron chi connectivity index (χ3n) is 4.81. The van der Waals surface area contributed by atoms with E-state index in [1.54, 1.807) is 18.3 Å². The lowest BCUT2D eigenvalue weighted by Crippen LogP contribution is -2.43. The number of nitrogens with zero attached hydrogens (tertiary/aromatic N) is 1. The van der Waals surface area contributed by atoms with Gasteiger partial charge in [0, 0.05) is 36.3 Å². The standard InChI is InChI=1S/C18H20N4O3/c1-10(23)20-12-4-2-11(3-5-12)16-9-19-18(25-16)17(24)22-15-8-13-6-7-14(15)21-13/h2-5,9,13-15,21H,6-8H2,1H3,(H,20,23)(H,22,24)/t13-,14+,15-/m1/s1. The lowest BCUT2D eigenvalue weighted by atomic mass is 9.95. The molecule has 0 spiro atoms. The number of anilines is 1. The van der Waals surface area contributed by atoms with Gasteiger partial charge in [0.15, 0.2) is 5.76 Å². The van der Waals surface area contributed by atoms with E-state index in [0.717, 1.165) is 18.4 Å². The molecule has 4 rings (SSSR count). The van der Waals surface area contributed by atoms with Crippen molar-refractivity contribution in [3.8, 4) is 11.3 Å². The van der Waals surface area contributed by atoms with Gasteiger partial charge in [-0.2, -0.15) is 0 Å². The van der Waals surface area contributed by atoms with Gasteiger partial charge >= 0.3 is 5.91 Å². The number of fused-ring (bicyclic) bond motifs is 2. The molecule has 3 heterocycles. The number of carbonyl (C=O) groups excluding carboxylic acids is 2. The van der Waals surface area contributed by atoms with Crippen molar-refractivity contribution in [2.24, 2.45) is 0 Å². The first-order valence-corrected chi connectivity index (χ1v) is 8.49. The molecule has 1 aromatic carbocycles. The molecule has 0 aliphatic carbocycles. The molecule has 7 nitrogen and oxygen atoms in total. The maximum Gasteiger partial charge on any atom is 0.307 e. The van der Waals surface area contributed by atoms with Crippen molar-refractivity contribution < 1.29 is 14.0 Å². The second-order valence-corrected chi connectivity index (χ2v) is 6.65. The van der Waals surface area contributed by atoms with Gasteiger partial charge in [-0.25, -0.2) is 4.98 Å². The number of hydrogen-bond donors (Lipinski definition) is 3. The van der Waals surface area contributed by atoms with Crippen molar-refractivity contribution in [3.63, 3.8) is 0 Å². The minimum absolute atomic E-state index is 0.0729. The summed E-state index contributed by atoms with van der Waals surface area (Å²) in [5.41, 5.74) is 1.50. The predicted molar refractivity (Wildman–Crippen MR) is 92.1 cm³/mol. The van der Waals surface area contributed by atoms with E-state index in [4.69, 9.17) is 4.42 Å². The number of hydrogen-bond acceptors (Lipinski definition) is 5. The van der Waals surface area contributed by atoms with Crippen LogP contribution < -0.4 is 16.0 Å². The Balaban J connectivity index is 1.42. The third-order valence-corrected chi connectivity index (χ3v) is 4.81. The molecule has 3 atom stereocenters. The maximum absolute atomic E-state index is 12.4. The van der Waals surface area contributed by atoms with E-state index in [1.165, 1.54) is 13.3 Å². The van der Waals surface area contributed by atoms with E-state index >= 15 is 0 Å². The minimum atomic E-state index is -0.277. The summed E-state index contributed by atoms with van der Waals surface area (Å²) in [5, 5.41) is 9.21. The molecule has 2 amide bonds. The van der Waals surface area contributed by atoms with Crippen LogP contribution in [0.25, 0.3) is 11.3 Å². The molecular formula is C18H20N4O3. The number of amides is 2. The largest absolute Gasteiger partial charge is 0.432 e. The molecule has 0 saturated carbocycles. The Bertz CT molecular complexity index is 799. The number of nitrogens with one attached hydrogen (secondary N) is 3. The first-order valence-electron chi connectivity index (χ1n) is 8.49. The average molecular weight is 340 g/mol. The number of aromatic nitrogens is 1. The molecule has 2 fully saturated rings. The Hall–Kier alpha value is -2.67. The van der Waals surface area contributed by atoms with Crippen molar-refractivity contribution in [1.29, 1.82) is 0 Å². The molecule has 2 saturated heterocycles. The zero-order valence-corrected chi connectivity index (χ0v) is 13.9. The van der Waals surface area contributed by atoms with Crippen molar-refractivity contribution >= 4 is 17.5 Å². The molecule has 2 aromatic rings. The van der Waals surface area contributed by atoms with Crippen LogP contribution in [0.3, 0.4) is 0 Å². The first kappa shape index (κ1) is 15.8. The van der Waals surface area contributed by atoms with Gasteiger partial charge < -0.3 is 20.4 Å². The highest BCUT2D eigenvalue weighted by Crippen LogP contribution is 2.28. The van der Waals surface area contributed by atoms with E-state index < -0.39 is 0 Å².